The van der Waals surface area contributed by atoms with Gasteiger partial charge in [0, 0.05) is 25.0 Å². The van der Waals surface area contributed by atoms with E-state index in [-0.39, 0.29) is 0 Å². The summed E-state index contributed by atoms with van der Waals surface area (Å²) >= 11 is 0. The predicted molar refractivity (Wildman–Crippen MR) is 70.4 cm³/mol. The highest BCUT2D eigenvalue weighted by Crippen LogP contribution is 2.23. The minimum Gasteiger partial charge on any atom is -0.409 e. The normalized spacial score (nSPS) is 24.5. The molecule has 2 atom stereocenters. The van der Waals surface area contributed by atoms with Gasteiger partial charge in [-0.15, -0.1) is 0 Å². The van der Waals surface area contributed by atoms with Crippen molar-refractivity contribution >= 4 is 5.84 Å². The van der Waals surface area contributed by atoms with Crippen LogP contribution < -0.4 is 5.73 Å². The fourth-order valence-corrected chi connectivity index (χ4v) is 2.73. The molecule has 0 aliphatic carbocycles. The molecule has 1 saturated heterocycles. The second-order valence-corrected chi connectivity index (χ2v) is 5.15. The number of hydrogen-bond acceptors (Lipinski definition) is 4. The van der Waals surface area contributed by atoms with Crippen molar-refractivity contribution in [3.05, 3.63) is 0 Å². The van der Waals surface area contributed by atoms with Gasteiger partial charge < -0.3 is 15.8 Å². The molecule has 100 valence electrons. The quantitative estimate of drug-likeness (QED) is 0.315. The highest BCUT2D eigenvalue weighted by molar-refractivity contribution is 5.80. The maximum absolute atomic E-state index is 8.67. The Bertz CT molecular complexity index is 255. The first-order valence-corrected chi connectivity index (χ1v) is 6.45. The third-order valence-corrected chi connectivity index (χ3v) is 3.51. The van der Waals surface area contributed by atoms with E-state index >= 15 is 0 Å². The molecule has 5 nitrogen and oxygen atoms in total. The van der Waals surface area contributed by atoms with Crippen LogP contribution >= 0.6 is 0 Å². The Morgan fingerprint density at radius 2 is 2.29 bits per heavy atom. The van der Waals surface area contributed by atoms with Crippen LogP contribution in [0.3, 0.4) is 0 Å². The van der Waals surface area contributed by atoms with Crippen LogP contribution in [0, 0.1) is 0 Å². The summed E-state index contributed by atoms with van der Waals surface area (Å²) in [4.78, 5) is 4.76. The van der Waals surface area contributed by atoms with Crippen molar-refractivity contribution < 1.29 is 5.21 Å². The molecule has 0 aromatic heterocycles. The summed E-state index contributed by atoms with van der Waals surface area (Å²) in [5, 5.41) is 11.8. The van der Waals surface area contributed by atoms with Crippen molar-refractivity contribution in [1.29, 1.82) is 0 Å². The lowest BCUT2D eigenvalue weighted by Gasteiger charge is -2.33. The van der Waals surface area contributed by atoms with Gasteiger partial charge in [-0.25, -0.2) is 0 Å². The number of rotatable bonds is 6. The Labute approximate surface area is 104 Å². The van der Waals surface area contributed by atoms with Crippen LogP contribution in [-0.4, -0.2) is 60.1 Å². The van der Waals surface area contributed by atoms with Gasteiger partial charge in [0.15, 0.2) is 0 Å². The molecule has 1 heterocycles. The van der Waals surface area contributed by atoms with Crippen molar-refractivity contribution in [3.63, 3.8) is 0 Å². The van der Waals surface area contributed by atoms with E-state index in [0.29, 0.717) is 24.3 Å². The number of nitrogens with zero attached hydrogens (tertiary/aromatic N) is 3. The molecule has 0 saturated carbocycles. The molecule has 1 rings (SSSR count). The second kappa shape index (κ2) is 6.81. The summed E-state index contributed by atoms with van der Waals surface area (Å²) in [5.74, 6) is 0.340. The molecule has 0 bridgehead atoms. The van der Waals surface area contributed by atoms with Crippen LogP contribution in [0.5, 0.6) is 0 Å². The first-order chi connectivity index (χ1) is 8.08. The van der Waals surface area contributed by atoms with E-state index in [0.717, 1.165) is 19.5 Å². The minimum absolute atomic E-state index is 0.340. The van der Waals surface area contributed by atoms with Gasteiger partial charge in [0.25, 0.3) is 0 Å². The van der Waals surface area contributed by atoms with Crippen LogP contribution in [0.1, 0.15) is 32.6 Å². The number of oxime groups is 1. The summed E-state index contributed by atoms with van der Waals surface area (Å²) in [6.45, 7) is 4.39. The standard InChI is InChI=1S/C12H26N4O/c1-4-10(8-12(13)14-17)16-7-5-6-11(16)9-15(2)3/h10-11,17H,4-9H2,1-3H3,(H2,13,14). The van der Waals surface area contributed by atoms with Crippen molar-refractivity contribution in [2.24, 2.45) is 10.9 Å². The molecule has 0 aromatic carbocycles. The van der Waals surface area contributed by atoms with E-state index in [9.17, 15) is 0 Å². The summed E-state index contributed by atoms with van der Waals surface area (Å²) in [7, 11) is 4.22. The first kappa shape index (κ1) is 14.3. The predicted octanol–water partition coefficient (Wildman–Crippen LogP) is 0.928. The molecule has 1 aliphatic rings. The van der Waals surface area contributed by atoms with Gasteiger partial charge in [-0.1, -0.05) is 12.1 Å². The average molecular weight is 242 g/mol. The van der Waals surface area contributed by atoms with E-state index < -0.39 is 0 Å². The van der Waals surface area contributed by atoms with Gasteiger partial charge in [0.2, 0.25) is 0 Å². The maximum Gasteiger partial charge on any atom is 0.140 e. The Hall–Kier alpha value is -0.810. The molecule has 0 spiro atoms. The number of likely N-dealkylation sites (tertiary alicyclic amines) is 1. The summed E-state index contributed by atoms with van der Waals surface area (Å²) in [6.07, 6.45) is 4.22. The molecule has 1 fully saturated rings. The lowest BCUT2D eigenvalue weighted by atomic mass is 10.1. The summed E-state index contributed by atoms with van der Waals surface area (Å²) in [6, 6.07) is 1.01. The number of nitrogens with two attached hydrogens (primary N) is 1. The SMILES string of the molecule is CCC(CC(N)=NO)N1CCCC1CN(C)C. The van der Waals surface area contributed by atoms with E-state index in [1.54, 1.807) is 0 Å². The molecule has 17 heavy (non-hydrogen) atoms. The molecule has 3 N–H and O–H groups in total. The zero-order valence-electron chi connectivity index (χ0n) is 11.3. The Morgan fingerprint density at radius 3 is 2.82 bits per heavy atom. The molecule has 1 aliphatic heterocycles. The summed E-state index contributed by atoms with van der Waals surface area (Å²) < 4.78 is 0. The Balaban J connectivity index is 2.60. The average Bonchev–Trinajstić information content (AvgIpc) is 2.72. The van der Waals surface area contributed by atoms with Gasteiger partial charge in [-0.05, 0) is 39.9 Å². The molecule has 2 unspecified atom stereocenters. The van der Waals surface area contributed by atoms with Crippen LogP contribution in [0.15, 0.2) is 5.16 Å². The van der Waals surface area contributed by atoms with E-state index in [2.05, 4.69) is 36.0 Å². The number of likely N-dealkylation sites (N-methyl/N-ethyl adjacent to an activating group) is 1. The van der Waals surface area contributed by atoms with E-state index in [1.807, 2.05) is 0 Å². The lowest BCUT2D eigenvalue weighted by Crippen LogP contribution is -2.45. The van der Waals surface area contributed by atoms with Crippen LogP contribution in [-0.2, 0) is 0 Å². The molecule has 5 heteroatoms. The topological polar surface area (TPSA) is 65.1 Å². The van der Waals surface area contributed by atoms with Crippen LogP contribution in [0.4, 0.5) is 0 Å². The van der Waals surface area contributed by atoms with Crippen molar-refractivity contribution in [2.45, 2.75) is 44.7 Å². The Kier molecular flexibility index (Phi) is 5.71. The minimum atomic E-state index is 0.340. The maximum atomic E-state index is 8.67. The first-order valence-electron chi connectivity index (χ1n) is 6.45. The zero-order chi connectivity index (χ0) is 12.8. The largest absolute Gasteiger partial charge is 0.409 e. The lowest BCUT2D eigenvalue weighted by molar-refractivity contribution is 0.150. The van der Waals surface area contributed by atoms with Gasteiger partial charge >= 0.3 is 0 Å². The molecule has 0 amide bonds. The van der Waals surface area contributed by atoms with Crippen LogP contribution in [0.2, 0.25) is 0 Å². The van der Waals surface area contributed by atoms with Gasteiger partial charge in [0.1, 0.15) is 5.84 Å². The van der Waals surface area contributed by atoms with Crippen LogP contribution in [0.25, 0.3) is 0 Å². The van der Waals surface area contributed by atoms with Crippen molar-refractivity contribution in [2.75, 3.05) is 27.2 Å². The van der Waals surface area contributed by atoms with Gasteiger partial charge in [0.05, 0.1) is 0 Å². The number of amidine groups is 1. The molecule has 0 aromatic rings. The second-order valence-electron chi connectivity index (χ2n) is 5.15. The van der Waals surface area contributed by atoms with Gasteiger partial charge in [-0.2, -0.15) is 0 Å². The fourth-order valence-electron chi connectivity index (χ4n) is 2.73. The zero-order valence-corrected chi connectivity index (χ0v) is 11.3. The third kappa shape index (κ3) is 4.16. The summed E-state index contributed by atoms with van der Waals surface area (Å²) in [5.41, 5.74) is 5.63. The van der Waals surface area contributed by atoms with E-state index in [4.69, 9.17) is 10.9 Å². The smallest absolute Gasteiger partial charge is 0.140 e. The highest BCUT2D eigenvalue weighted by atomic mass is 16.4. The molecular formula is C12H26N4O. The van der Waals surface area contributed by atoms with Crippen molar-refractivity contribution in [1.82, 2.24) is 9.80 Å². The van der Waals surface area contributed by atoms with Crippen molar-refractivity contribution in [3.8, 4) is 0 Å². The monoisotopic (exact) mass is 242 g/mol. The Morgan fingerprint density at radius 1 is 1.59 bits per heavy atom. The third-order valence-electron chi connectivity index (χ3n) is 3.51. The number of hydrogen-bond donors (Lipinski definition) is 2. The highest BCUT2D eigenvalue weighted by Gasteiger charge is 2.30. The van der Waals surface area contributed by atoms with Gasteiger partial charge in [-0.3, -0.25) is 4.90 Å². The molecular weight excluding hydrogens is 216 g/mol. The van der Waals surface area contributed by atoms with E-state index in [1.165, 1.54) is 12.8 Å². The molecule has 0 radical (unpaired) electrons. The fraction of sp³-hybridized carbons (Fsp3) is 0.917.